The minimum absolute atomic E-state index is 0.507. The van der Waals surface area contributed by atoms with Crippen LogP contribution in [0.1, 0.15) is 12.5 Å². The Balaban J connectivity index is 2.41. The predicted molar refractivity (Wildman–Crippen MR) is 61.1 cm³/mol. The molecule has 0 saturated heterocycles. The Labute approximate surface area is 93.8 Å². The fraction of sp³-hybridized carbons (Fsp3) is 0.455. The minimum atomic E-state index is 0.507. The fourth-order valence-corrected chi connectivity index (χ4v) is 1.77. The summed E-state index contributed by atoms with van der Waals surface area (Å²) in [4.78, 5) is 0. The van der Waals surface area contributed by atoms with Gasteiger partial charge in [0.25, 0.3) is 0 Å². The second-order valence-electron chi connectivity index (χ2n) is 3.46. The maximum atomic E-state index is 5.08. The molecule has 0 amide bonds. The zero-order valence-electron chi connectivity index (χ0n) is 8.66. The highest BCUT2D eigenvalue weighted by molar-refractivity contribution is 9.10. The van der Waals surface area contributed by atoms with Crippen LogP contribution in [0.3, 0.4) is 0 Å². The number of ether oxygens (including phenoxy) is 1. The van der Waals surface area contributed by atoms with Gasteiger partial charge >= 0.3 is 0 Å². The number of hydrogen-bond donors (Lipinski definition) is 1. The summed E-state index contributed by atoms with van der Waals surface area (Å²) in [5.41, 5.74) is 1.33. The molecule has 1 atom stereocenters. The van der Waals surface area contributed by atoms with E-state index in [0.717, 1.165) is 13.2 Å². The SMILES string of the molecule is COC[C@@H](C)[NH2+]Cc1ccccc1Br. The number of hydrogen-bond acceptors (Lipinski definition) is 1. The predicted octanol–water partition coefficient (Wildman–Crippen LogP) is 1.55. The smallest absolute Gasteiger partial charge is 0.107 e. The van der Waals surface area contributed by atoms with E-state index in [1.165, 1.54) is 10.0 Å². The molecule has 0 unspecified atom stereocenters. The van der Waals surface area contributed by atoms with E-state index in [0.29, 0.717) is 6.04 Å². The lowest BCUT2D eigenvalue weighted by Crippen LogP contribution is -2.88. The first-order chi connectivity index (χ1) is 6.74. The van der Waals surface area contributed by atoms with Crippen LogP contribution in [0.25, 0.3) is 0 Å². The molecule has 0 aliphatic rings. The summed E-state index contributed by atoms with van der Waals surface area (Å²) in [5, 5.41) is 2.28. The summed E-state index contributed by atoms with van der Waals surface area (Å²) in [6.45, 7) is 3.96. The Morgan fingerprint density at radius 3 is 2.79 bits per heavy atom. The van der Waals surface area contributed by atoms with E-state index in [1.54, 1.807) is 7.11 Å². The van der Waals surface area contributed by atoms with Crippen LogP contribution in [0.4, 0.5) is 0 Å². The largest absolute Gasteiger partial charge is 0.379 e. The van der Waals surface area contributed by atoms with Gasteiger partial charge in [-0.05, 0) is 13.0 Å². The summed E-state index contributed by atoms with van der Waals surface area (Å²) in [5.74, 6) is 0. The molecule has 0 aliphatic heterocycles. The van der Waals surface area contributed by atoms with Gasteiger partial charge in [-0.15, -0.1) is 0 Å². The first-order valence-electron chi connectivity index (χ1n) is 4.79. The molecule has 1 aromatic rings. The Kier molecular flexibility index (Phi) is 5.15. The lowest BCUT2D eigenvalue weighted by molar-refractivity contribution is -0.702. The van der Waals surface area contributed by atoms with Gasteiger partial charge in [0, 0.05) is 17.1 Å². The molecule has 2 nitrogen and oxygen atoms in total. The summed E-state index contributed by atoms with van der Waals surface area (Å²) < 4.78 is 6.26. The van der Waals surface area contributed by atoms with Crippen molar-refractivity contribution in [3.05, 3.63) is 34.3 Å². The Morgan fingerprint density at radius 1 is 1.43 bits per heavy atom. The van der Waals surface area contributed by atoms with E-state index >= 15 is 0 Å². The van der Waals surface area contributed by atoms with Gasteiger partial charge in [0.1, 0.15) is 12.6 Å². The van der Waals surface area contributed by atoms with Crippen LogP contribution < -0.4 is 5.32 Å². The number of rotatable bonds is 5. The standard InChI is InChI=1S/C11H16BrNO/c1-9(8-14-2)13-7-10-5-3-4-6-11(10)12/h3-6,9,13H,7-8H2,1-2H3/p+1/t9-/m1/s1. The van der Waals surface area contributed by atoms with Crippen molar-refractivity contribution in [3.8, 4) is 0 Å². The molecule has 0 saturated carbocycles. The van der Waals surface area contributed by atoms with E-state index in [2.05, 4.69) is 46.4 Å². The monoisotopic (exact) mass is 258 g/mol. The van der Waals surface area contributed by atoms with Gasteiger partial charge in [-0.2, -0.15) is 0 Å². The number of quaternary nitrogens is 1. The molecule has 2 N–H and O–H groups in total. The van der Waals surface area contributed by atoms with Crippen molar-refractivity contribution in [1.29, 1.82) is 0 Å². The summed E-state index contributed by atoms with van der Waals surface area (Å²) in [6, 6.07) is 8.82. The third kappa shape index (κ3) is 3.78. The summed E-state index contributed by atoms with van der Waals surface area (Å²) >= 11 is 3.53. The van der Waals surface area contributed by atoms with Crippen molar-refractivity contribution in [2.24, 2.45) is 0 Å². The number of halogens is 1. The summed E-state index contributed by atoms with van der Waals surface area (Å²) in [7, 11) is 1.74. The normalized spacial score (nSPS) is 12.8. The zero-order chi connectivity index (χ0) is 10.4. The highest BCUT2D eigenvalue weighted by Crippen LogP contribution is 2.14. The van der Waals surface area contributed by atoms with Crippen molar-refractivity contribution in [2.45, 2.75) is 19.5 Å². The van der Waals surface area contributed by atoms with Gasteiger partial charge in [0.2, 0.25) is 0 Å². The van der Waals surface area contributed by atoms with Crippen LogP contribution in [-0.4, -0.2) is 19.8 Å². The first kappa shape index (κ1) is 11.7. The number of nitrogens with two attached hydrogens (primary N) is 1. The highest BCUT2D eigenvalue weighted by Gasteiger charge is 2.05. The van der Waals surface area contributed by atoms with Gasteiger partial charge in [0.05, 0.1) is 6.61 Å². The van der Waals surface area contributed by atoms with E-state index < -0.39 is 0 Å². The average Bonchev–Trinajstić information content (AvgIpc) is 2.17. The third-order valence-corrected chi connectivity index (χ3v) is 2.90. The maximum absolute atomic E-state index is 5.08. The molecule has 1 rings (SSSR count). The Hall–Kier alpha value is -0.380. The molecule has 0 heterocycles. The van der Waals surface area contributed by atoms with E-state index in [1.807, 2.05) is 6.07 Å². The van der Waals surface area contributed by atoms with Crippen LogP contribution in [0.2, 0.25) is 0 Å². The molecule has 0 aromatic heterocycles. The van der Waals surface area contributed by atoms with Crippen LogP contribution in [-0.2, 0) is 11.3 Å². The highest BCUT2D eigenvalue weighted by atomic mass is 79.9. The van der Waals surface area contributed by atoms with Crippen molar-refractivity contribution in [3.63, 3.8) is 0 Å². The van der Waals surface area contributed by atoms with E-state index in [4.69, 9.17) is 4.74 Å². The molecule has 14 heavy (non-hydrogen) atoms. The van der Waals surface area contributed by atoms with Crippen LogP contribution in [0.15, 0.2) is 28.7 Å². The average molecular weight is 259 g/mol. The number of benzene rings is 1. The maximum Gasteiger partial charge on any atom is 0.107 e. The molecule has 0 aliphatic carbocycles. The van der Waals surface area contributed by atoms with Crippen molar-refractivity contribution in [2.75, 3.05) is 13.7 Å². The topological polar surface area (TPSA) is 25.8 Å². The molecule has 1 aromatic carbocycles. The van der Waals surface area contributed by atoms with Gasteiger partial charge in [-0.25, -0.2) is 0 Å². The quantitative estimate of drug-likeness (QED) is 0.853. The van der Waals surface area contributed by atoms with Crippen molar-refractivity contribution >= 4 is 15.9 Å². The second-order valence-corrected chi connectivity index (χ2v) is 4.32. The molecule has 78 valence electrons. The van der Waals surface area contributed by atoms with Crippen LogP contribution in [0, 0.1) is 0 Å². The minimum Gasteiger partial charge on any atom is -0.379 e. The Bertz CT molecular complexity index is 278. The second kappa shape index (κ2) is 6.17. The van der Waals surface area contributed by atoms with E-state index in [9.17, 15) is 0 Å². The van der Waals surface area contributed by atoms with E-state index in [-0.39, 0.29) is 0 Å². The van der Waals surface area contributed by atoms with Gasteiger partial charge in [-0.3, -0.25) is 0 Å². The van der Waals surface area contributed by atoms with Gasteiger partial charge in [-0.1, -0.05) is 34.1 Å². The lowest BCUT2D eigenvalue weighted by Gasteiger charge is -2.10. The van der Waals surface area contributed by atoms with Gasteiger partial charge in [0.15, 0.2) is 0 Å². The fourth-order valence-electron chi connectivity index (χ4n) is 1.32. The molecule has 0 bridgehead atoms. The van der Waals surface area contributed by atoms with Crippen molar-refractivity contribution < 1.29 is 10.1 Å². The Morgan fingerprint density at radius 2 is 2.14 bits per heavy atom. The third-order valence-electron chi connectivity index (χ3n) is 2.13. The molecular formula is C11H17BrNO+. The van der Waals surface area contributed by atoms with Gasteiger partial charge < -0.3 is 10.1 Å². The number of methoxy groups -OCH3 is 1. The van der Waals surface area contributed by atoms with Crippen molar-refractivity contribution in [1.82, 2.24) is 0 Å². The van der Waals surface area contributed by atoms with Crippen LogP contribution >= 0.6 is 15.9 Å². The molecule has 0 spiro atoms. The lowest BCUT2D eigenvalue weighted by atomic mass is 10.2. The molecule has 0 fully saturated rings. The summed E-state index contributed by atoms with van der Waals surface area (Å²) in [6.07, 6.45) is 0. The zero-order valence-corrected chi connectivity index (χ0v) is 10.3. The molecular weight excluding hydrogens is 242 g/mol. The molecule has 3 heteroatoms. The molecule has 0 radical (unpaired) electrons. The van der Waals surface area contributed by atoms with Crippen LogP contribution in [0.5, 0.6) is 0 Å². The first-order valence-corrected chi connectivity index (χ1v) is 5.59.